The van der Waals surface area contributed by atoms with E-state index in [0.717, 1.165) is 25.1 Å². The van der Waals surface area contributed by atoms with Crippen LogP contribution in [-0.4, -0.2) is 30.6 Å². The van der Waals surface area contributed by atoms with Crippen molar-refractivity contribution in [3.05, 3.63) is 65.0 Å². The van der Waals surface area contributed by atoms with E-state index in [1.165, 1.54) is 0 Å². The van der Waals surface area contributed by atoms with Crippen molar-refractivity contribution in [1.82, 2.24) is 14.9 Å². The van der Waals surface area contributed by atoms with Gasteiger partial charge < -0.3 is 9.26 Å². The molecule has 0 amide bonds. The van der Waals surface area contributed by atoms with E-state index in [0.29, 0.717) is 16.7 Å². The number of hydrogen-bond acceptors (Lipinski definition) is 7. The number of nitrogens with zero attached hydrogens (tertiary/aromatic N) is 2. The second-order valence-corrected chi connectivity index (χ2v) is 8.53. The van der Waals surface area contributed by atoms with Gasteiger partial charge in [0.2, 0.25) is 15.8 Å². The first-order chi connectivity index (χ1) is 15.0. The number of carbonyl (C=O) groups excluding carboxylic acids is 1. The van der Waals surface area contributed by atoms with E-state index in [1.807, 2.05) is 4.72 Å². The minimum absolute atomic E-state index is 0.0919. The SMILES string of the molecule is C[C@H](NS(=O)(=O)c1ccccc1C(F)(F)F)C(=O)OCc1nc(-c2ccccc2Cl)no1. The third kappa shape index (κ3) is 5.44. The topological polar surface area (TPSA) is 111 Å². The summed E-state index contributed by atoms with van der Waals surface area (Å²) >= 11 is 6.05. The number of carbonyl (C=O) groups is 1. The number of aromatic nitrogens is 2. The average Bonchev–Trinajstić information content (AvgIpc) is 3.20. The zero-order valence-electron chi connectivity index (χ0n) is 16.3. The zero-order valence-corrected chi connectivity index (χ0v) is 17.8. The largest absolute Gasteiger partial charge is 0.454 e. The molecule has 3 aromatic rings. The van der Waals surface area contributed by atoms with Crippen LogP contribution in [0.15, 0.2) is 57.9 Å². The number of alkyl halides is 3. The Labute approximate surface area is 185 Å². The summed E-state index contributed by atoms with van der Waals surface area (Å²) in [6, 6.07) is 8.82. The Morgan fingerprint density at radius 3 is 2.53 bits per heavy atom. The molecule has 8 nitrogen and oxygen atoms in total. The number of sulfonamides is 1. The molecule has 0 spiro atoms. The van der Waals surface area contributed by atoms with E-state index in [4.69, 9.17) is 20.9 Å². The molecule has 0 aliphatic rings. The van der Waals surface area contributed by atoms with E-state index in [9.17, 15) is 26.4 Å². The fraction of sp³-hybridized carbons (Fsp3) is 0.211. The molecule has 0 aliphatic carbocycles. The molecule has 0 saturated carbocycles. The molecule has 13 heteroatoms. The second-order valence-electron chi connectivity index (χ2n) is 6.44. The van der Waals surface area contributed by atoms with Crippen LogP contribution >= 0.6 is 11.6 Å². The molecule has 0 radical (unpaired) electrons. The molecule has 1 N–H and O–H groups in total. The number of hydrogen-bond donors (Lipinski definition) is 1. The van der Waals surface area contributed by atoms with Gasteiger partial charge in [-0.15, -0.1) is 0 Å². The predicted molar refractivity (Wildman–Crippen MR) is 106 cm³/mol. The number of benzene rings is 2. The number of rotatable bonds is 7. The minimum atomic E-state index is -4.90. The Balaban J connectivity index is 1.66. The van der Waals surface area contributed by atoms with E-state index in [2.05, 4.69) is 10.1 Å². The van der Waals surface area contributed by atoms with Crippen molar-refractivity contribution in [1.29, 1.82) is 0 Å². The fourth-order valence-electron chi connectivity index (χ4n) is 2.60. The molecule has 0 saturated heterocycles. The Morgan fingerprint density at radius 2 is 1.84 bits per heavy atom. The lowest BCUT2D eigenvalue weighted by Gasteiger charge is -2.16. The summed E-state index contributed by atoms with van der Waals surface area (Å²) < 4.78 is 75.9. The van der Waals surface area contributed by atoms with Gasteiger partial charge in [-0.05, 0) is 31.2 Å². The van der Waals surface area contributed by atoms with Gasteiger partial charge >= 0.3 is 12.1 Å². The lowest BCUT2D eigenvalue weighted by atomic mass is 10.2. The maximum absolute atomic E-state index is 13.1. The van der Waals surface area contributed by atoms with Crippen molar-refractivity contribution in [3.63, 3.8) is 0 Å². The number of ether oxygens (including phenoxy) is 1. The van der Waals surface area contributed by atoms with Gasteiger partial charge in [0, 0.05) is 5.56 Å². The van der Waals surface area contributed by atoms with Crippen LogP contribution in [0.5, 0.6) is 0 Å². The van der Waals surface area contributed by atoms with Gasteiger partial charge in [-0.2, -0.15) is 22.9 Å². The minimum Gasteiger partial charge on any atom is -0.454 e. The molecule has 1 heterocycles. The highest BCUT2D eigenvalue weighted by Crippen LogP contribution is 2.34. The molecule has 1 aromatic heterocycles. The third-order valence-electron chi connectivity index (χ3n) is 4.09. The predicted octanol–water partition coefficient (Wildman–Crippen LogP) is 3.82. The monoisotopic (exact) mass is 489 g/mol. The molecule has 0 fully saturated rings. The molecular formula is C19H15ClF3N3O5S. The van der Waals surface area contributed by atoms with Crippen molar-refractivity contribution in [2.24, 2.45) is 0 Å². The molecule has 1 atom stereocenters. The third-order valence-corrected chi connectivity index (χ3v) is 6.02. The smallest absolute Gasteiger partial charge is 0.417 e. The maximum Gasteiger partial charge on any atom is 0.417 e. The summed E-state index contributed by atoms with van der Waals surface area (Å²) in [5, 5.41) is 4.10. The summed E-state index contributed by atoms with van der Waals surface area (Å²) in [7, 11) is -4.67. The van der Waals surface area contributed by atoms with Crippen molar-refractivity contribution in [3.8, 4) is 11.4 Å². The summed E-state index contributed by atoms with van der Waals surface area (Å²) in [5.74, 6) is -1.000. The quantitative estimate of drug-likeness (QED) is 0.502. The van der Waals surface area contributed by atoms with Crippen LogP contribution in [0.3, 0.4) is 0 Å². The van der Waals surface area contributed by atoms with Crippen LogP contribution in [0.2, 0.25) is 5.02 Å². The molecule has 32 heavy (non-hydrogen) atoms. The normalized spacial score (nSPS) is 13.0. The van der Waals surface area contributed by atoms with Gasteiger partial charge in [-0.3, -0.25) is 4.79 Å². The Bertz CT molecular complexity index is 1230. The Morgan fingerprint density at radius 1 is 1.19 bits per heavy atom. The van der Waals surface area contributed by atoms with Crippen molar-refractivity contribution in [2.45, 2.75) is 30.6 Å². The Hall–Kier alpha value is -2.96. The molecule has 0 aliphatic heterocycles. The van der Waals surface area contributed by atoms with Gasteiger partial charge in [0.05, 0.1) is 15.5 Å². The lowest BCUT2D eigenvalue weighted by Crippen LogP contribution is -2.40. The van der Waals surface area contributed by atoms with Crippen LogP contribution in [-0.2, 0) is 32.3 Å². The van der Waals surface area contributed by atoms with Crippen molar-refractivity contribution in [2.75, 3.05) is 0 Å². The van der Waals surface area contributed by atoms with Gasteiger partial charge in [-0.25, -0.2) is 8.42 Å². The van der Waals surface area contributed by atoms with Gasteiger partial charge in [0.25, 0.3) is 5.89 Å². The maximum atomic E-state index is 13.1. The van der Waals surface area contributed by atoms with E-state index in [-0.39, 0.29) is 11.7 Å². The van der Waals surface area contributed by atoms with E-state index >= 15 is 0 Å². The first-order valence-electron chi connectivity index (χ1n) is 8.91. The van der Waals surface area contributed by atoms with Crippen LogP contribution in [0.25, 0.3) is 11.4 Å². The fourth-order valence-corrected chi connectivity index (χ4v) is 4.24. The number of halogens is 4. The second kappa shape index (κ2) is 9.27. The van der Waals surface area contributed by atoms with Gasteiger partial charge in [-0.1, -0.05) is 41.0 Å². The van der Waals surface area contributed by atoms with Crippen LogP contribution < -0.4 is 4.72 Å². The van der Waals surface area contributed by atoms with Crippen LogP contribution in [0.4, 0.5) is 13.2 Å². The number of nitrogens with one attached hydrogen (secondary N) is 1. The summed E-state index contributed by atoms with van der Waals surface area (Å²) in [6.45, 7) is 0.639. The van der Waals surface area contributed by atoms with Crippen molar-refractivity contribution >= 4 is 27.6 Å². The highest BCUT2D eigenvalue weighted by atomic mass is 35.5. The molecule has 2 aromatic carbocycles. The van der Waals surface area contributed by atoms with Crippen LogP contribution in [0, 0.1) is 0 Å². The van der Waals surface area contributed by atoms with E-state index < -0.39 is 45.3 Å². The standard InChI is InChI=1S/C19H15ClF3N3O5S/c1-11(26-32(28,29)15-9-5-3-7-13(15)19(21,22)23)18(27)30-10-16-24-17(25-31-16)12-6-2-4-8-14(12)20/h2-9,11,26H,10H2,1H3/t11-/m0/s1. The first kappa shape index (κ1) is 23.7. The van der Waals surface area contributed by atoms with E-state index in [1.54, 1.807) is 24.3 Å². The first-order valence-corrected chi connectivity index (χ1v) is 10.8. The molecule has 3 rings (SSSR count). The summed E-state index contributed by atoms with van der Waals surface area (Å²) in [6.07, 6.45) is -4.90. The summed E-state index contributed by atoms with van der Waals surface area (Å²) in [4.78, 5) is 15.2. The Kier molecular flexibility index (Phi) is 6.86. The summed E-state index contributed by atoms with van der Waals surface area (Å²) in [5.41, 5.74) is -0.869. The number of esters is 1. The van der Waals surface area contributed by atoms with Gasteiger partial charge in [0.15, 0.2) is 6.61 Å². The highest BCUT2D eigenvalue weighted by molar-refractivity contribution is 7.89. The molecule has 170 valence electrons. The molecular weight excluding hydrogens is 475 g/mol. The van der Waals surface area contributed by atoms with Gasteiger partial charge in [0.1, 0.15) is 6.04 Å². The van der Waals surface area contributed by atoms with Crippen LogP contribution in [0.1, 0.15) is 18.4 Å². The highest BCUT2D eigenvalue weighted by Gasteiger charge is 2.37. The molecule has 0 bridgehead atoms. The molecule has 0 unspecified atom stereocenters. The average molecular weight is 490 g/mol. The van der Waals surface area contributed by atoms with Crippen molar-refractivity contribution < 1.29 is 35.6 Å². The zero-order chi connectivity index (χ0) is 23.5. The lowest BCUT2D eigenvalue weighted by molar-refractivity contribution is -0.147.